The zero-order valence-corrected chi connectivity index (χ0v) is 15.5. The first-order chi connectivity index (χ1) is 12.6. The highest BCUT2D eigenvalue weighted by Gasteiger charge is 2.52. The first-order valence-corrected chi connectivity index (χ1v) is 10.2. The lowest BCUT2D eigenvalue weighted by molar-refractivity contribution is -0.137. The number of hydrogen-bond acceptors (Lipinski definition) is 4. The van der Waals surface area contributed by atoms with Gasteiger partial charge >= 0.3 is 6.03 Å². The third kappa shape index (κ3) is 3.21. The molecule has 1 spiro atoms. The molecule has 26 heavy (non-hydrogen) atoms. The quantitative estimate of drug-likeness (QED) is 0.766. The Morgan fingerprint density at radius 3 is 2.35 bits per heavy atom. The number of carbonyl (C=O) groups excluding carboxylic acids is 3. The summed E-state index contributed by atoms with van der Waals surface area (Å²) in [4.78, 5) is 42.9. The Morgan fingerprint density at radius 2 is 1.65 bits per heavy atom. The van der Waals surface area contributed by atoms with Crippen molar-refractivity contribution in [3.8, 4) is 0 Å². The Kier molecular flexibility index (Phi) is 4.90. The van der Waals surface area contributed by atoms with Crippen LogP contribution in [0.2, 0.25) is 0 Å². The molecule has 0 aromatic rings. The summed E-state index contributed by atoms with van der Waals surface area (Å²) in [6, 6.07) is 0.156. The van der Waals surface area contributed by atoms with Crippen molar-refractivity contribution in [1.29, 1.82) is 0 Å². The number of carbonyl (C=O) groups is 3. The summed E-state index contributed by atoms with van der Waals surface area (Å²) in [6.45, 7) is 3.98. The fourth-order valence-electron chi connectivity index (χ4n) is 5.11. The van der Waals surface area contributed by atoms with Gasteiger partial charge in [0, 0.05) is 45.2 Å². The van der Waals surface area contributed by atoms with Crippen LogP contribution < -0.4 is 5.32 Å². The fourth-order valence-corrected chi connectivity index (χ4v) is 5.11. The van der Waals surface area contributed by atoms with Crippen molar-refractivity contribution in [2.75, 3.05) is 32.7 Å². The summed E-state index contributed by atoms with van der Waals surface area (Å²) in [6.07, 6.45) is 8.44. The molecule has 1 N–H and O–H groups in total. The summed E-state index contributed by atoms with van der Waals surface area (Å²) < 4.78 is 0. The van der Waals surface area contributed by atoms with Crippen molar-refractivity contribution in [3.05, 3.63) is 0 Å². The van der Waals surface area contributed by atoms with Gasteiger partial charge < -0.3 is 15.1 Å². The second-order valence-electron chi connectivity index (χ2n) is 8.29. The molecular weight excluding hydrogens is 332 g/mol. The van der Waals surface area contributed by atoms with Crippen LogP contribution >= 0.6 is 0 Å². The predicted molar refractivity (Wildman–Crippen MR) is 96.5 cm³/mol. The molecule has 7 heteroatoms. The van der Waals surface area contributed by atoms with E-state index in [0.29, 0.717) is 24.9 Å². The Hall–Kier alpha value is -1.63. The van der Waals surface area contributed by atoms with Gasteiger partial charge in [-0.1, -0.05) is 12.8 Å². The second-order valence-corrected chi connectivity index (χ2v) is 8.29. The Bertz CT molecular complexity index is 579. The van der Waals surface area contributed by atoms with E-state index in [9.17, 15) is 14.4 Å². The maximum atomic E-state index is 12.7. The van der Waals surface area contributed by atoms with Crippen molar-refractivity contribution in [3.63, 3.8) is 0 Å². The molecule has 0 aromatic heterocycles. The van der Waals surface area contributed by atoms with E-state index in [1.165, 1.54) is 4.90 Å². The zero-order chi connectivity index (χ0) is 18.1. The van der Waals surface area contributed by atoms with Gasteiger partial charge in [0.25, 0.3) is 5.91 Å². The van der Waals surface area contributed by atoms with Crippen LogP contribution in [0.25, 0.3) is 0 Å². The Balaban J connectivity index is 1.25. The predicted octanol–water partition coefficient (Wildman–Crippen LogP) is 1.33. The first-order valence-electron chi connectivity index (χ1n) is 10.2. The van der Waals surface area contributed by atoms with Crippen molar-refractivity contribution in [1.82, 2.24) is 20.0 Å². The van der Waals surface area contributed by atoms with Gasteiger partial charge in [0.1, 0.15) is 5.54 Å². The van der Waals surface area contributed by atoms with E-state index in [-0.39, 0.29) is 11.9 Å². The second kappa shape index (κ2) is 7.18. The van der Waals surface area contributed by atoms with E-state index in [1.54, 1.807) is 0 Å². The molecule has 3 saturated heterocycles. The lowest BCUT2D eigenvalue weighted by Crippen LogP contribution is -2.50. The average Bonchev–Trinajstić information content (AvgIpc) is 3.20. The number of piperidine rings is 2. The molecule has 3 heterocycles. The zero-order valence-electron chi connectivity index (χ0n) is 15.5. The molecule has 4 fully saturated rings. The normalized spacial score (nSPS) is 27.6. The summed E-state index contributed by atoms with van der Waals surface area (Å²) in [5, 5.41) is 2.95. The largest absolute Gasteiger partial charge is 0.340 e. The maximum absolute atomic E-state index is 12.7. The molecule has 1 saturated carbocycles. The molecule has 0 bridgehead atoms. The summed E-state index contributed by atoms with van der Waals surface area (Å²) >= 11 is 0. The van der Waals surface area contributed by atoms with Gasteiger partial charge in [0.15, 0.2) is 0 Å². The van der Waals surface area contributed by atoms with E-state index in [1.807, 2.05) is 0 Å². The number of likely N-dealkylation sites (tertiary alicyclic amines) is 2. The summed E-state index contributed by atoms with van der Waals surface area (Å²) in [5.41, 5.74) is -0.599. The summed E-state index contributed by atoms with van der Waals surface area (Å²) in [7, 11) is 0. The molecule has 0 radical (unpaired) electrons. The van der Waals surface area contributed by atoms with Gasteiger partial charge in [-0.25, -0.2) is 4.79 Å². The van der Waals surface area contributed by atoms with Crippen LogP contribution in [0.1, 0.15) is 57.8 Å². The van der Waals surface area contributed by atoms with Crippen LogP contribution in [0.5, 0.6) is 0 Å². The lowest BCUT2D eigenvalue weighted by atomic mass is 9.98. The van der Waals surface area contributed by atoms with Crippen molar-refractivity contribution in [2.45, 2.75) is 69.4 Å². The van der Waals surface area contributed by atoms with Gasteiger partial charge in [0.05, 0.1) is 0 Å². The van der Waals surface area contributed by atoms with Gasteiger partial charge in [-0.15, -0.1) is 0 Å². The fraction of sp³-hybridized carbons (Fsp3) is 0.842. The maximum Gasteiger partial charge on any atom is 0.325 e. The topological polar surface area (TPSA) is 73.0 Å². The van der Waals surface area contributed by atoms with Crippen molar-refractivity contribution >= 4 is 17.8 Å². The number of imide groups is 1. The number of urea groups is 1. The molecule has 0 atom stereocenters. The number of rotatable bonds is 4. The smallest absolute Gasteiger partial charge is 0.325 e. The van der Waals surface area contributed by atoms with Crippen molar-refractivity contribution < 1.29 is 14.4 Å². The van der Waals surface area contributed by atoms with Gasteiger partial charge in [-0.2, -0.15) is 0 Å². The highest BCUT2D eigenvalue weighted by atomic mass is 16.2. The molecule has 4 rings (SSSR count). The Morgan fingerprint density at radius 1 is 0.923 bits per heavy atom. The van der Waals surface area contributed by atoms with Gasteiger partial charge in [-0.05, 0) is 38.5 Å². The molecule has 0 aromatic carbocycles. The van der Waals surface area contributed by atoms with Crippen LogP contribution in [-0.4, -0.2) is 76.8 Å². The van der Waals surface area contributed by atoms with Crippen LogP contribution in [0.3, 0.4) is 0 Å². The molecule has 0 unspecified atom stereocenters. The first kappa shape index (κ1) is 17.8. The molecule has 4 amide bonds. The van der Waals surface area contributed by atoms with Crippen LogP contribution in [0, 0.1) is 0 Å². The minimum absolute atomic E-state index is 0.0196. The van der Waals surface area contributed by atoms with E-state index in [2.05, 4.69) is 15.1 Å². The molecule has 144 valence electrons. The van der Waals surface area contributed by atoms with E-state index >= 15 is 0 Å². The van der Waals surface area contributed by atoms with Crippen LogP contribution in [0.4, 0.5) is 4.79 Å². The summed E-state index contributed by atoms with van der Waals surface area (Å²) in [5.74, 6) is 0.296. The van der Waals surface area contributed by atoms with E-state index < -0.39 is 5.54 Å². The standard InChI is InChI=1S/C19H30N4O3/c24-16-5-1-4-10-22(16)15-6-11-21(12-7-15)13-14-23-17(25)19(20-18(23)26)8-2-3-9-19/h15H,1-14H2,(H,20,26). The molecular formula is C19H30N4O3. The molecule has 4 aliphatic rings. The minimum Gasteiger partial charge on any atom is -0.340 e. The lowest BCUT2D eigenvalue weighted by Gasteiger charge is -2.40. The Labute approximate surface area is 155 Å². The monoisotopic (exact) mass is 362 g/mol. The van der Waals surface area contributed by atoms with Crippen LogP contribution in [-0.2, 0) is 9.59 Å². The number of nitrogens with zero attached hydrogens (tertiary/aromatic N) is 3. The number of nitrogens with one attached hydrogen (secondary N) is 1. The van der Waals surface area contributed by atoms with Gasteiger partial charge in [-0.3, -0.25) is 14.5 Å². The number of hydrogen-bond donors (Lipinski definition) is 1. The van der Waals surface area contributed by atoms with Crippen LogP contribution in [0.15, 0.2) is 0 Å². The minimum atomic E-state index is -0.599. The van der Waals surface area contributed by atoms with Gasteiger partial charge in [0.2, 0.25) is 5.91 Å². The van der Waals surface area contributed by atoms with E-state index in [4.69, 9.17) is 0 Å². The van der Waals surface area contributed by atoms with E-state index in [0.717, 1.165) is 77.5 Å². The molecule has 7 nitrogen and oxygen atoms in total. The molecule has 1 aliphatic carbocycles. The highest BCUT2D eigenvalue weighted by molar-refractivity contribution is 6.07. The average molecular weight is 362 g/mol. The highest BCUT2D eigenvalue weighted by Crippen LogP contribution is 2.35. The third-order valence-electron chi connectivity index (χ3n) is 6.70. The number of amides is 4. The third-order valence-corrected chi connectivity index (χ3v) is 6.70. The molecule has 3 aliphatic heterocycles. The van der Waals surface area contributed by atoms with Crippen molar-refractivity contribution in [2.24, 2.45) is 0 Å². The SMILES string of the molecule is O=C1NC2(CCCC2)C(=O)N1CCN1CCC(N2CCCCC2=O)CC1.